The highest BCUT2D eigenvalue weighted by molar-refractivity contribution is 7.17. The second kappa shape index (κ2) is 5.44. The third-order valence-corrected chi connectivity index (χ3v) is 4.55. The molecule has 1 heterocycles. The van der Waals surface area contributed by atoms with Crippen LogP contribution in [0.15, 0.2) is 24.3 Å². The lowest BCUT2D eigenvalue weighted by atomic mass is 10.2. The minimum atomic E-state index is -0.934. The van der Waals surface area contributed by atoms with Crippen LogP contribution in [-0.2, 0) is 0 Å². The van der Waals surface area contributed by atoms with Gasteiger partial charge in [-0.3, -0.25) is 0 Å². The highest BCUT2D eigenvalue weighted by Crippen LogP contribution is 2.44. The number of carboxylic acids is 1. The fourth-order valence-corrected chi connectivity index (χ4v) is 3.37. The maximum Gasteiger partial charge on any atom is 0.347 e. The van der Waals surface area contributed by atoms with Crippen molar-refractivity contribution in [2.24, 2.45) is 0 Å². The number of thiazole rings is 1. The first-order chi connectivity index (χ1) is 10.1. The smallest absolute Gasteiger partial charge is 0.347 e. The SMILES string of the molecule is CCN(c1cccc(F)c1)c1nc(C2CC2)c(C(=O)O)s1. The minimum absolute atomic E-state index is 0.271. The molecule has 1 aliphatic carbocycles. The number of aromatic carboxylic acids is 1. The van der Waals surface area contributed by atoms with Crippen molar-refractivity contribution in [2.45, 2.75) is 25.7 Å². The van der Waals surface area contributed by atoms with Crippen molar-refractivity contribution in [3.63, 3.8) is 0 Å². The fourth-order valence-electron chi connectivity index (χ4n) is 2.29. The van der Waals surface area contributed by atoms with Gasteiger partial charge in [0.15, 0.2) is 5.13 Å². The van der Waals surface area contributed by atoms with Gasteiger partial charge in [0.2, 0.25) is 0 Å². The Kier molecular flexibility index (Phi) is 3.63. The molecule has 0 amide bonds. The number of carbonyl (C=O) groups is 1. The predicted octanol–water partition coefficient (Wildman–Crippen LogP) is 4.02. The van der Waals surface area contributed by atoms with Crippen LogP contribution in [-0.4, -0.2) is 22.6 Å². The van der Waals surface area contributed by atoms with Crippen molar-refractivity contribution in [1.29, 1.82) is 0 Å². The van der Waals surface area contributed by atoms with Gasteiger partial charge in [0.05, 0.1) is 5.69 Å². The van der Waals surface area contributed by atoms with Crippen LogP contribution in [0.2, 0.25) is 0 Å². The van der Waals surface area contributed by atoms with Crippen LogP contribution < -0.4 is 4.90 Å². The minimum Gasteiger partial charge on any atom is -0.477 e. The van der Waals surface area contributed by atoms with Crippen LogP contribution >= 0.6 is 11.3 Å². The Morgan fingerprint density at radius 1 is 1.52 bits per heavy atom. The molecule has 3 rings (SSSR count). The van der Waals surface area contributed by atoms with E-state index in [1.807, 2.05) is 11.8 Å². The molecule has 0 radical (unpaired) electrons. The van der Waals surface area contributed by atoms with Crippen molar-refractivity contribution in [3.05, 3.63) is 40.7 Å². The quantitative estimate of drug-likeness (QED) is 0.906. The molecule has 0 saturated heterocycles. The van der Waals surface area contributed by atoms with Gasteiger partial charge in [-0.25, -0.2) is 14.2 Å². The van der Waals surface area contributed by atoms with Gasteiger partial charge in [-0.05, 0) is 38.0 Å². The standard InChI is InChI=1S/C15H15FN2O2S/c1-2-18(11-5-3-4-10(16)8-11)15-17-12(9-6-7-9)13(21-15)14(19)20/h3-5,8-9H,2,6-7H2,1H3,(H,19,20). The van der Waals surface area contributed by atoms with Gasteiger partial charge in [0.1, 0.15) is 10.7 Å². The molecule has 6 heteroatoms. The zero-order valence-corrected chi connectivity index (χ0v) is 12.4. The van der Waals surface area contributed by atoms with E-state index in [1.165, 1.54) is 12.1 Å². The largest absolute Gasteiger partial charge is 0.477 e. The molecule has 0 unspecified atom stereocenters. The molecule has 0 aliphatic heterocycles. The maximum absolute atomic E-state index is 13.4. The lowest BCUT2D eigenvalue weighted by molar-refractivity contribution is 0.0700. The second-order valence-corrected chi connectivity index (χ2v) is 5.99. The Labute approximate surface area is 125 Å². The van der Waals surface area contributed by atoms with E-state index in [0.29, 0.717) is 27.9 Å². The number of aromatic nitrogens is 1. The van der Waals surface area contributed by atoms with Gasteiger partial charge in [-0.1, -0.05) is 17.4 Å². The van der Waals surface area contributed by atoms with Crippen LogP contribution in [0.1, 0.15) is 41.0 Å². The Morgan fingerprint density at radius 3 is 2.86 bits per heavy atom. The molecule has 1 aromatic carbocycles. The molecule has 0 spiro atoms. The summed E-state index contributed by atoms with van der Waals surface area (Å²) in [4.78, 5) is 18.0. The Balaban J connectivity index is 2.01. The maximum atomic E-state index is 13.4. The highest BCUT2D eigenvalue weighted by Gasteiger charge is 2.33. The van der Waals surface area contributed by atoms with Crippen LogP contribution in [0.5, 0.6) is 0 Å². The number of carboxylic acid groups (broad SMARTS) is 1. The van der Waals surface area contributed by atoms with E-state index in [4.69, 9.17) is 0 Å². The third kappa shape index (κ3) is 2.76. The van der Waals surface area contributed by atoms with Crippen molar-refractivity contribution < 1.29 is 14.3 Å². The van der Waals surface area contributed by atoms with Gasteiger partial charge in [0.25, 0.3) is 0 Å². The van der Waals surface area contributed by atoms with E-state index in [0.717, 1.165) is 24.2 Å². The molecule has 0 atom stereocenters. The first-order valence-electron chi connectivity index (χ1n) is 6.87. The van der Waals surface area contributed by atoms with Gasteiger partial charge in [0, 0.05) is 18.2 Å². The number of anilines is 2. The average molecular weight is 306 g/mol. The summed E-state index contributed by atoms with van der Waals surface area (Å²) in [6.45, 7) is 2.53. The first-order valence-corrected chi connectivity index (χ1v) is 7.69. The van der Waals surface area contributed by atoms with Crippen LogP contribution in [0.3, 0.4) is 0 Å². The van der Waals surface area contributed by atoms with Crippen molar-refractivity contribution in [1.82, 2.24) is 4.98 Å². The Hall–Kier alpha value is -1.95. The number of benzene rings is 1. The van der Waals surface area contributed by atoms with Crippen molar-refractivity contribution >= 4 is 28.1 Å². The average Bonchev–Trinajstić information content (AvgIpc) is 3.20. The van der Waals surface area contributed by atoms with E-state index in [1.54, 1.807) is 12.1 Å². The van der Waals surface area contributed by atoms with Crippen molar-refractivity contribution in [3.8, 4) is 0 Å². The highest BCUT2D eigenvalue weighted by atomic mass is 32.1. The van der Waals surface area contributed by atoms with E-state index in [2.05, 4.69) is 4.98 Å². The monoisotopic (exact) mass is 306 g/mol. The summed E-state index contributed by atoms with van der Waals surface area (Å²) < 4.78 is 13.4. The van der Waals surface area contributed by atoms with Gasteiger partial charge in [-0.2, -0.15) is 0 Å². The first kappa shape index (κ1) is 14.0. The molecule has 2 aromatic rings. The molecular formula is C15H15FN2O2S. The summed E-state index contributed by atoms with van der Waals surface area (Å²) in [5, 5.41) is 9.93. The summed E-state index contributed by atoms with van der Waals surface area (Å²) in [6.07, 6.45) is 1.99. The van der Waals surface area contributed by atoms with E-state index < -0.39 is 5.97 Å². The number of halogens is 1. The summed E-state index contributed by atoms with van der Waals surface area (Å²) in [6, 6.07) is 6.26. The van der Waals surface area contributed by atoms with Crippen LogP contribution in [0, 0.1) is 5.82 Å². The fraction of sp³-hybridized carbons (Fsp3) is 0.333. The van der Waals surface area contributed by atoms with Gasteiger partial charge in [-0.15, -0.1) is 0 Å². The number of hydrogen-bond acceptors (Lipinski definition) is 4. The second-order valence-electron chi connectivity index (χ2n) is 5.01. The van der Waals surface area contributed by atoms with Gasteiger partial charge >= 0.3 is 5.97 Å². The molecule has 4 nitrogen and oxygen atoms in total. The summed E-state index contributed by atoms with van der Waals surface area (Å²) in [7, 11) is 0. The molecule has 1 aliphatic rings. The predicted molar refractivity (Wildman–Crippen MR) is 80.1 cm³/mol. The molecule has 21 heavy (non-hydrogen) atoms. The molecule has 1 N–H and O–H groups in total. The normalized spacial score (nSPS) is 14.2. The Bertz CT molecular complexity index is 682. The van der Waals surface area contributed by atoms with E-state index in [9.17, 15) is 14.3 Å². The molecule has 1 saturated carbocycles. The van der Waals surface area contributed by atoms with E-state index >= 15 is 0 Å². The van der Waals surface area contributed by atoms with Crippen LogP contribution in [0.25, 0.3) is 0 Å². The zero-order valence-electron chi connectivity index (χ0n) is 11.5. The molecule has 110 valence electrons. The lowest BCUT2D eigenvalue weighted by Gasteiger charge is -2.19. The van der Waals surface area contributed by atoms with Crippen molar-refractivity contribution in [2.75, 3.05) is 11.4 Å². The summed E-state index contributed by atoms with van der Waals surface area (Å²) in [5.41, 5.74) is 1.36. The molecular weight excluding hydrogens is 291 g/mol. The van der Waals surface area contributed by atoms with Gasteiger partial charge < -0.3 is 10.0 Å². The number of rotatable bonds is 5. The molecule has 1 fully saturated rings. The lowest BCUT2D eigenvalue weighted by Crippen LogP contribution is -2.15. The summed E-state index contributed by atoms with van der Waals surface area (Å²) in [5.74, 6) is -0.980. The Morgan fingerprint density at radius 2 is 2.29 bits per heavy atom. The molecule has 0 bridgehead atoms. The third-order valence-electron chi connectivity index (χ3n) is 3.47. The van der Waals surface area contributed by atoms with Crippen LogP contribution in [0.4, 0.5) is 15.2 Å². The number of nitrogens with zero attached hydrogens (tertiary/aromatic N) is 2. The zero-order chi connectivity index (χ0) is 15.0. The summed E-state index contributed by atoms with van der Waals surface area (Å²) >= 11 is 1.16. The molecule has 1 aromatic heterocycles. The number of hydrogen-bond donors (Lipinski definition) is 1. The van der Waals surface area contributed by atoms with E-state index in [-0.39, 0.29) is 11.7 Å². The topological polar surface area (TPSA) is 53.4 Å².